The minimum absolute atomic E-state index is 0.309. The third kappa shape index (κ3) is 2.73. The molecule has 0 unspecified atom stereocenters. The molecule has 5 heteroatoms. The molecule has 0 heterocycles. The van der Waals surface area contributed by atoms with Gasteiger partial charge in [0.25, 0.3) is 0 Å². The lowest BCUT2D eigenvalue weighted by atomic mass is 10.5. The Hall–Kier alpha value is -0.130. The lowest BCUT2D eigenvalue weighted by Crippen LogP contribution is -2.33. The standard InChI is InChI=1S/C7H16N2O2S/c1-9(5-4-8)12(10,11)6-7-2-3-7/h7H,2-6,8H2,1H3. The molecule has 1 aliphatic carbocycles. The highest BCUT2D eigenvalue weighted by atomic mass is 32.2. The van der Waals surface area contributed by atoms with Gasteiger partial charge in [0.15, 0.2) is 0 Å². The Morgan fingerprint density at radius 3 is 2.50 bits per heavy atom. The Morgan fingerprint density at radius 1 is 1.50 bits per heavy atom. The van der Waals surface area contributed by atoms with Crippen LogP contribution >= 0.6 is 0 Å². The van der Waals surface area contributed by atoms with Crippen molar-refractivity contribution in [3.05, 3.63) is 0 Å². The maximum atomic E-state index is 11.4. The first-order valence-corrected chi connectivity index (χ1v) is 5.81. The van der Waals surface area contributed by atoms with E-state index in [2.05, 4.69) is 0 Å². The normalized spacial score (nSPS) is 18.6. The van der Waals surface area contributed by atoms with Crippen molar-refractivity contribution in [3.8, 4) is 0 Å². The van der Waals surface area contributed by atoms with Crippen LogP contribution in [0.2, 0.25) is 0 Å². The van der Waals surface area contributed by atoms with Gasteiger partial charge < -0.3 is 5.73 Å². The third-order valence-electron chi connectivity index (χ3n) is 2.06. The Balaban J connectivity index is 2.44. The fraction of sp³-hybridized carbons (Fsp3) is 1.00. The van der Waals surface area contributed by atoms with Crippen LogP contribution < -0.4 is 5.73 Å². The van der Waals surface area contributed by atoms with Gasteiger partial charge in [0.1, 0.15) is 0 Å². The lowest BCUT2D eigenvalue weighted by Gasteiger charge is -2.15. The highest BCUT2D eigenvalue weighted by Gasteiger charge is 2.29. The number of nitrogens with two attached hydrogens (primary N) is 1. The highest BCUT2D eigenvalue weighted by molar-refractivity contribution is 7.89. The van der Waals surface area contributed by atoms with Crippen LogP contribution in [0.1, 0.15) is 12.8 Å². The minimum Gasteiger partial charge on any atom is -0.329 e. The van der Waals surface area contributed by atoms with Gasteiger partial charge in [-0.1, -0.05) is 0 Å². The van der Waals surface area contributed by atoms with Gasteiger partial charge in [0.2, 0.25) is 10.0 Å². The topological polar surface area (TPSA) is 63.4 Å². The van der Waals surface area contributed by atoms with Crippen LogP contribution in [-0.2, 0) is 10.0 Å². The van der Waals surface area contributed by atoms with Crippen molar-refractivity contribution in [3.63, 3.8) is 0 Å². The molecule has 12 heavy (non-hydrogen) atoms. The van der Waals surface area contributed by atoms with Crippen molar-refractivity contribution in [2.75, 3.05) is 25.9 Å². The van der Waals surface area contributed by atoms with E-state index in [0.717, 1.165) is 12.8 Å². The van der Waals surface area contributed by atoms with E-state index in [4.69, 9.17) is 5.73 Å². The maximum absolute atomic E-state index is 11.4. The molecule has 0 aromatic carbocycles. The Labute approximate surface area is 73.8 Å². The molecule has 2 N–H and O–H groups in total. The minimum atomic E-state index is -3.01. The second-order valence-electron chi connectivity index (χ2n) is 3.33. The van der Waals surface area contributed by atoms with Crippen LogP contribution in [-0.4, -0.2) is 38.6 Å². The smallest absolute Gasteiger partial charge is 0.214 e. The third-order valence-corrected chi connectivity index (χ3v) is 4.09. The SMILES string of the molecule is CN(CCN)S(=O)(=O)CC1CC1. The molecular weight excluding hydrogens is 176 g/mol. The van der Waals surface area contributed by atoms with E-state index >= 15 is 0 Å². The number of likely N-dealkylation sites (N-methyl/N-ethyl adjacent to an activating group) is 1. The van der Waals surface area contributed by atoms with Crippen LogP contribution in [0.15, 0.2) is 0 Å². The average Bonchev–Trinajstić information content (AvgIpc) is 2.71. The Kier molecular flexibility index (Phi) is 3.09. The molecule has 0 amide bonds. The van der Waals surface area contributed by atoms with E-state index in [-0.39, 0.29) is 0 Å². The molecule has 0 spiro atoms. The largest absolute Gasteiger partial charge is 0.329 e. The average molecular weight is 192 g/mol. The molecule has 0 aromatic rings. The summed E-state index contributed by atoms with van der Waals surface area (Å²) in [6.45, 7) is 0.815. The molecule has 72 valence electrons. The van der Waals surface area contributed by atoms with E-state index in [1.165, 1.54) is 4.31 Å². The molecule has 1 saturated carbocycles. The van der Waals surface area contributed by atoms with E-state index in [1.54, 1.807) is 7.05 Å². The summed E-state index contributed by atoms with van der Waals surface area (Å²) in [4.78, 5) is 0. The fourth-order valence-corrected chi connectivity index (χ4v) is 2.60. The van der Waals surface area contributed by atoms with Crippen molar-refractivity contribution in [2.45, 2.75) is 12.8 Å². The zero-order valence-electron chi connectivity index (χ0n) is 7.36. The van der Waals surface area contributed by atoms with Crippen LogP contribution in [0.3, 0.4) is 0 Å². The molecule has 1 fully saturated rings. The molecule has 1 aliphatic rings. The number of nitrogens with zero attached hydrogens (tertiary/aromatic N) is 1. The van der Waals surface area contributed by atoms with Crippen LogP contribution in [0.4, 0.5) is 0 Å². The van der Waals surface area contributed by atoms with Gasteiger partial charge in [-0.15, -0.1) is 0 Å². The second-order valence-corrected chi connectivity index (χ2v) is 5.45. The lowest BCUT2D eigenvalue weighted by molar-refractivity contribution is 0.474. The second kappa shape index (κ2) is 3.72. The van der Waals surface area contributed by atoms with Gasteiger partial charge in [-0.25, -0.2) is 12.7 Å². The summed E-state index contributed by atoms with van der Waals surface area (Å²) in [5, 5.41) is 0. The number of hydrogen-bond acceptors (Lipinski definition) is 3. The summed E-state index contributed by atoms with van der Waals surface area (Å²) in [6, 6.07) is 0. The zero-order chi connectivity index (χ0) is 9.19. The molecule has 0 bridgehead atoms. The fourth-order valence-electron chi connectivity index (χ4n) is 1.03. The van der Waals surface area contributed by atoms with E-state index in [1.807, 2.05) is 0 Å². The van der Waals surface area contributed by atoms with Crippen LogP contribution in [0.25, 0.3) is 0 Å². The highest BCUT2D eigenvalue weighted by Crippen LogP contribution is 2.30. The van der Waals surface area contributed by atoms with Gasteiger partial charge >= 0.3 is 0 Å². The first-order valence-electron chi connectivity index (χ1n) is 4.20. The molecular formula is C7H16N2O2S. The summed E-state index contributed by atoms with van der Waals surface area (Å²) in [5.41, 5.74) is 5.27. The van der Waals surface area contributed by atoms with Gasteiger partial charge in [0, 0.05) is 20.1 Å². The first kappa shape index (κ1) is 9.95. The molecule has 0 saturated heterocycles. The van der Waals surface area contributed by atoms with Gasteiger partial charge in [-0.2, -0.15) is 0 Å². The van der Waals surface area contributed by atoms with E-state index < -0.39 is 10.0 Å². The van der Waals surface area contributed by atoms with Gasteiger partial charge in [-0.3, -0.25) is 0 Å². The van der Waals surface area contributed by atoms with Crippen molar-refractivity contribution >= 4 is 10.0 Å². The number of sulfonamides is 1. The van der Waals surface area contributed by atoms with Crippen molar-refractivity contribution < 1.29 is 8.42 Å². The summed E-state index contributed by atoms with van der Waals surface area (Å²) in [7, 11) is -1.42. The molecule has 0 radical (unpaired) electrons. The monoisotopic (exact) mass is 192 g/mol. The molecule has 0 aliphatic heterocycles. The van der Waals surface area contributed by atoms with Crippen molar-refractivity contribution in [1.82, 2.24) is 4.31 Å². The number of hydrogen-bond donors (Lipinski definition) is 1. The summed E-state index contributed by atoms with van der Waals surface area (Å²) >= 11 is 0. The Morgan fingerprint density at radius 2 is 2.08 bits per heavy atom. The van der Waals surface area contributed by atoms with Crippen LogP contribution in [0, 0.1) is 5.92 Å². The molecule has 1 rings (SSSR count). The molecule has 4 nitrogen and oxygen atoms in total. The van der Waals surface area contributed by atoms with Gasteiger partial charge in [0.05, 0.1) is 5.75 Å². The maximum Gasteiger partial charge on any atom is 0.214 e. The number of rotatable bonds is 5. The predicted molar refractivity (Wildman–Crippen MR) is 48.2 cm³/mol. The summed E-state index contributed by atoms with van der Waals surface area (Å²) < 4.78 is 24.2. The van der Waals surface area contributed by atoms with Gasteiger partial charge in [-0.05, 0) is 18.8 Å². The quantitative estimate of drug-likeness (QED) is 0.645. The van der Waals surface area contributed by atoms with E-state index in [0.29, 0.717) is 24.8 Å². The van der Waals surface area contributed by atoms with Crippen molar-refractivity contribution in [1.29, 1.82) is 0 Å². The summed E-state index contributed by atoms with van der Waals surface area (Å²) in [6.07, 6.45) is 2.13. The zero-order valence-corrected chi connectivity index (χ0v) is 8.18. The first-order chi connectivity index (χ1) is 5.56. The summed E-state index contributed by atoms with van der Waals surface area (Å²) in [5.74, 6) is 0.721. The van der Waals surface area contributed by atoms with E-state index in [9.17, 15) is 8.42 Å². The van der Waals surface area contributed by atoms with Crippen molar-refractivity contribution in [2.24, 2.45) is 11.7 Å². The molecule has 0 aromatic heterocycles. The predicted octanol–water partition coefficient (Wildman–Crippen LogP) is -0.383. The van der Waals surface area contributed by atoms with Crippen LogP contribution in [0.5, 0.6) is 0 Å². The Bertz CT molecular complexity index is 234. The molecule has 0 atom stereocenters.